The summed E-state index contributed by atoms with van der Waals surface area (Å²) in [7, 11) is 0. The molecule has 0 radical (unpaired) electrons. The molecule has 17 heavy (non-hydrogen) atoms. The summed E-state index contributed by atoms with van der Waals surface area (Å²) >= 11 is 3.60. The molecule has 0 aliphatic rings. The van der Waals surface area contributed by atoms with Gasteiger partial charge in [-0.05, 0) is 24.5 Å². The van der Waals surface area contributed by atoms with Gasteiger partial charge < -0.3 is 5.32 Å². The number of halogens is 1. The van der Waals surface area contributed by atoms with Gasteiger partial charge in [-0.2, -0.15) is 0 Å². The minimum absolute atomic E-state index is 0.673. The Morgan fingerprint density at radius 3 is 2.53 bits per heavy atom. The highest BCUT2D eigenvalue weighted by Gasteiger charge is 2.07. The van der Waals surface area contributed by atoms with Gasteiger partial charge in [0.2, 0.25) is 0 Å². The molecule has 0 bridgehead atoms. The zero-order valence-corrected chi connectivity index (χ0v) is 12.6. The maximum atomic E-state index is 3.68. The number of unbranched alkanes of at least 4 members (excludes halogenated alkanes) is 1. The van der Waals surface area contributed by atoms with Crippen LogP contribution in [0.1, 0.15) is 51.5 Å². The van der Waals surface area contributed by atoms with Crippen molar-refractivity contribution in [2.24, 2.45) is 0 Å². The lowest BCUT2D eigenvalue weighted by atomic mass is 10.0. The van der Waals surface area contributed by atoms with Crippen molar-refractivity contribution in [3.8, 4) is 0 Å². The zero-order valence-electron chi connectivity index (χ0n) is 11.0. The van der Waals surface area contributed by atoms with Crippen LogP contribution in [0.2, 0.25) is 0 Å². The van der Waals surface area contributed by atoms with E-state index < -0.39 is 0 Å². The molecular weight excluding hydrogens is 274 g/mol. The fourth-order valence-corrected chi connectivity index (χ4v) is 2.47. The maximum Gasteiger partial charge on any atom is 0.0220 e. The van der Waals surface area contributed by atoms with Gasteiger partial charge in [0.05, 0.1) is 0 Å². The van der Waals surface area contributed by atoms with Crippen molar-refractivity contribution in [1.29, 1.82) is 0 Å². The highest BCUT2D eigenvalue weighted by atomic mass is 79.9. The predicted octanol–water partition coefficient (Wildman–Crippen LogP) is 4.90. The van der Waals surface area contributed by atoms with Gasteiger partial charge in [-0.3, -0.25) is 0 Å². The third-order valence-corrected chi connectivity index (χ3v) is 3.86. The molecule has 0 spiro atoms. The molecule has 0 aliphatic carbocycles. The summed E-state index contributed by atoms with van der Waals surface area (Å²) in [6.07, 6.45) is 6.46. The van der Waals surface area contributed by atoms with E-state index in [2.05, 4.69) is 59.4 Å². The minimum atomic E-state index is 0.673. The highest BCUT2D eigenvalue weighted by Crippen LogP contribution is 2.16. The Hall–Kier alpha value is -0.340. The van der Waals surface area contributed by atoms with Crippen molar-refractivity contribution >= 4 is 15.9 Å². The summed E-state index contributed by atoms with van der Waals surface area (Å²) in [4.78, 5) is 0. The summed E-state index contributed by atoms with van der Waals surface area (Å²) < 4.78 is 1.21. The molecule has 2 heteroatoms. The number of nitrogens with one attached hydrogen (secondary N) is 1. The quantitative estimate of drug-likeness (QED) is 0.720. The van der Waals surface area contributed by atoms with E-state index in [1.807, 2.05) is 0 Å². The van der Waals surface area contributed by atoms with E-state index in [1.165, 1.54) is 42.1 Å². The average Bonchev–Trinajstić information content (AvgIpc) is 2.34. The van der Waals surface area contributed by atoms with Gasteiger partial charge in [-0.1, -0.05) is 67.2 Å². The molecule has 1 unspecified atom stereocenters. The Bertz CT molecular complexity index is 312. The maximum absolute atomic E-state index is 3.68. The van der Waals surface area contributed by atoms with Crippen LogP contribution in [0.3, 0.4) is 0 Å². The van der Waals surface area contributed by atoms with Crippen LogP contribution in [-0.4, -0.2) is 6.04 Å². The molecule has 96 valence electrons. The SMILES string of the molecule is CCCCC(CCC)NCc1ccccc1Br. The van der Waals surface area contributed by atoms with Crippen LogP contribution >= 0.6 is 15.9 Å². The largest absolute Gasteiger partial charge is 0.310 e. The van der Waals surface area contributed by atoms with Crippen LogP contribution in [0.15, 0.2) is 28.7 Å². The van der Waals surface area contributed by atoms with Crippen LogP contribution in [0, 0.1) is 0 Å². The van der Waals surface area contributed by atoms with Crippen molar-refractivity contribution < 1.29 is 0 Å². The Labute approximate surface area is 114 Å². The van der Waals surface area contributed by atoms with Gasteiger partial charge >= 0.3 is 0 Å². The van der Waals surface area contributed by atoms with Crippen molar-refractivity contribution in [2.75, 3.05) is 0 Å². The second kappa shape index (κ2) is 8.71. The highest BCUT2D eigenvalue weighted by molar-refractivity contribution is 9.10. The molecule has 1 nitrogen and oxygen atoms in total. The van der Waals surface area contributed by atoms with E-state index in [-0.39, 0.29) is 0 Å². The van der Waals surface area contributed by atoms with E-state index in [4.69, 9.17) is 0 Å². The first-order valence-electron chi connectivity index (χ1n) is 6.74. The summed E-state index contributed by atoms with van der Waals surface area (Å²) in [5.41, 5.74) is 1.35. The summed E-state index contributed by atoms with van der Waals surface area (Å²) in [5, 5.41) is 3.68. The first-order valence-corrected chi connectivity index (χ1v) is 7.54. The monoisotopic (exact) mass is 297 g/mol. The molecule has 0 aliphatic heterocycles. The molecule has 1 atom stereocenters. The molecule has 0 saturated carbocycles. The number of rotatable bonds is 8. The molecule has 0 heterocycles. The van der Waals surface area contributed by atoms with Crippen LogP contribution in [-0.2, 0) is 6.54 Å². The smallest absolute Gasteiger partial charge is 0.0220 e. The summed E-state index contributed by atoms with van der Waals surface area (Å²) in [6.45, 7) is 5.49. The first-order chi connectivity index (χ1) is 8.27. The molecule has 1 aromatic rings. The summed E-state index contributed by atoms with van der Waals surface area (Å²) in [5.74, 6) is 0. The average molecular weight is 298 g/mol. The fraction of sp³-hybridized carbons (Fsp3) is 0.600. The van der Waals surface area contributed by atoms with Crippen molar-refractivity contribution in [3.63, 3.8) is 0 Å². The number of benzene rings is 1. The van der Waals surface area contributed by atoms with E-state index >= 15 is 0 Å². The Balaban J connectivity index is 2.42. The second-order valence-electron chi connectivity index (χ2n) is 4.60. The van der Waals surface area contributed by atoms with Crippen LogP contribution < -0.4 is 5.32 Å². The minimum Gasteiger partial charge on any atom is -0.310 e. The van der Waals surface area contributed by atoms with Crippen molar-refractivity contribution in [2.45, 2.75) is 58.5 Å². The van der Waals surface area contributed by atoms with Gasteiger partial charge in [0.15, 0.2) is 0 Å². The Morgan fingerprint density at radius 2 is 1.88 bits per heavy atom. The second-order valence-corrected chi connectivity index (χ2v) is 5.45. The molecule has 1 aromatic carbocycles. The van der Waals surface area contributed by atoms with Crippen LogP contribution in [0.4, 0.5) is 0 Å². The van der Waals surface area contributed by atoms with Crippen molar-refractivity contribution in [1.82, 2.24) is 5.32 Å². The normalized spacial score (nSPS) is 12.6. The third-order valence-electron chi connectivity index (χ3n) is 3.08. The topological polar surface area (TPSA) is 12.0 Å². The third kappa shape index (κ3) is 5.69. The van der Waals surface area contributed by atoms with Gasteiger partial charge in [0.1, 0.15) is 0 Å². The van der Waals surface area contributed by atoms with Gasteiger partial charge in [-0.25, -0.2) is 0 Å². The van der Waals surface area contributed by atoms with E-state index in [9.17, 15) is 0 Å². The lowest BCUT2D eigenvalue weighted by Gasteiger charge is -2.18. The number of hydrogen-bond donors (Lipinski definition) is 1. The lowest BCUT2D eigenvalue weighted by Crippen LogP contribution is -2.28. The standard InChI is InChI=1S/C15H24BrN/c1-3-5-10-14(8-4-2)17-12-13-9-6-7-11-15(13)16/h6-7,9,11,14,17H,3-5,8,10,12H2,1-2H3. The molecule has 0 amide bonds. The van der Waals surface area contributed by atoms with Crippen LogP contribution in [0.5, 0.6) is 0 Å². The molecule has 1 rings (SSSR count). The van der Waals surface area contributed by atoms with E-state index in [0.29, 0.717) is 6.04 Å². The molecular formula is C15H24BrN. The first kappa shape index (κ1) is 14.7. The zero-order chi connectivity index (χ0) is 12.5. The van der Waals surface area contributed by atoms with Crippen molar-refractivity contribution in [3.05, 3.63) is 34.3 Å². The molecule has 1 N–H and O–H groups in total. The molecule has 0 aromatic heterocycles. The van der Waals surface area contributed by atoms with E-state index in [1.54, 1.807) is 0 Å². The van der Waals surface area contributed by atoms with Gasteiger partial charge in [0, 0.05) is 17.1 Å². The predicted molar refractivity (Wildman–Crippen MR) is 79.2 cm³/mol. The van der Waals surface area contributed by atoms with E-state index in [0.717, 1.165) is 6.54 Å². The summed E-state index contributed by atoms with van der Waals surface area (Å²) in [6, 6.07) is 9.13. The Kier molecular flexibility index (Phi) is 7.54. The van der Waals surface area contributed by atoms with Crippen LogP contribution in [0.25, 0.3) is 0 Å². The van der Waals surface area contributed by atoms with Gasteiger partial charge in [0.25, 0.3) is 0 Å². The molecule has 0 saturated heterocycles. The molecule has 0 fully saturated rings. The Morgan fingerprint density at radius 1 is 1.12 bits per heavy atom. The lowest BCUT2D eigenvalue weighted by molar-refractivity contribution is 0.434. The fourth-order valence-electron chi connectivity index (χ4n) is 2.04. The number of hydrogen-bond acceptors (Lipinski definition) is 1. The van der Waals surface area contributed by atoms with Gasteiger partial charge in [-0.15, -0.1) is 0 Å².